The Balaban J connectivity index is 1.17. The van der Waals surface area contributed by atoms with Gasteiger partial charge < -0.3 is 9.84 Å². The Kier molecular flexibility index (Phi) is 8.29. The Morgan fingerprint density at radius 3 is 2.36 bits per heavy atom. The van der Waals surface area contributed by atoms with Gasteiger partial charge in [0.1, 0.15) is 11.5 Å². The number of phenolic OH excluding ortho intramolecular Hbond substituents is 1. The number of hydrogen-bond acceptors (Lipinski definition) is 8. The fourth-order valence-electron chi connectivity index (χ4n) is 9.59. The molecular weight excluding hydrogens is 783 g/mol. The number of aryl methyl sites for hydroxylation is 2. The highest BCUT2D eigenvalue weighted by Crippen LogP contribution is 2.64. The Labute approximate surface area is 334 Å². The Morgan fingerprint density at radius 1 is 0.909 bits per heavy atom. The molecule has 4 aliphatic rings. The first kappa shape index (κ1) is 36.0. The van der Waals surface area contributed by atoms with Crippen molar-refractivity contribution in [2.24, 2.45) is 36.1 Å². The lowest BCUT2D eigenvalue weighted by molar-refractivity contribution is -0.131. The molecule has 6 atom stereocenters. The van der Waals surface area contributed by atoms with Crippen molar-refractivity contribution in [3.05, 3.63) is 98.5 Å². The number of hydrogen-bond donors (Lipinski definition) is 1. The van der Waals surface area contributed by atoms with E-state index in [4.69, 9.17) is 44.6 Å². The molecule has 280 valence electrons. The highest BCUT2D eigenvalue weighted by molar-refractivity contribution is 7.22. The molecule has 6 unspecified atom stereocenters. The maximum absolute atomic E-state index is 15.2. The lowest BCUT2D eigenvalue weighted by Gasteiger charge is -2.49. The van der Waals surface area contributed by atoms with Crippen LogP contribution in [-0.4, -0.2) is 45.6 Å². The fraction of sp³-hybridized carbons (Fsp3) is 0.293. The van der Waals surface area contributed by atoms with Crippen LogP contribution in [0.1, 0.15) is 36.8 Å². The number of carbonyl (C=O) groups is 4. The summed E-state index contributed by atoms with van der Waals surface area (Å²) in [5.41, 5.74) is 1.98. The van der Waals surface area contributed by atoms with Crippen LogP contribution in [0.15, 0.2) is 72.3 Å². The average Bonchev–Trinajstić information content (AvgIpc) is 3.83. The topological polar surface area (TPSA) is 122 Å². The summed E-state index contributed by atoms with van der Waals surface area (Å²) in [6.45, 7) is 3.78. The van der Waals surface area contributed by atoms with Gasteiger partial charge in [0, 0.05) is 33.8 Å². The number of methoxy groups -OCH3 is 1. The van der Waals surface area contributed by atoms with Crippen molar-refractivity contribution in [1.29, 1.82) is 0 Å². The third kappa shape index (κ3) is 5.09. The van der Waals surface area contributed by atoms with Gasteiger partial charge in [-0.25, -0.2) is 4.90 Å². The van der Waals surface area contributed by atoms with Crippen molar-refractivity contribution in [2.75, 3.05) is 16.9 Å². The highest BCUT2D eigenvalue weighted by atomic mass is 35.5. The quantitative estimate of drug-likeness (QED) is 0.139. The van der Waals surface area contributed by atoms with E-state index < -0.39 is 46.8 Å². The van der Waals surface area contributed by atoms with E-state index in [1.165, 1.54) is 16.9 Å². The van der Waals surface area contributed by atoms with Crippen molar-refractivity contribution in [3.63, 3.8) is 0 Å². The third-order valence-electron chi connectivity index (χ3n) is 12.2. The molecule has 0 spiro atoms. The molecule has 5 aromatic rings. The number of rotatable bonds is 5. The van der Waals surface area contributed by atoms with Gasteiger partial charge in [-0.3, -0.25) is 28.8 Å². The molecule has 0 radical (unpaired) electrons. The first-order chi connectivity index (χ1) is 26.2. The number of halogens is 3. The summed E-state index contributed by atoms with van der Waals surface area (Å²) >= 11 is 20.6. The molecule has 9 rings (SSSR count). The summed E-state index contributed by atoms with van der Waals surface area (Å²) < 4.78 is 8.08. The van der Waals surface area contributed by atoms with Crippen LogP contribution in [0, 0.1) is 36.0 Å². The largest absolute Gasteiger partial charge is 0.503 e. The van der Waals surface area contributed by atoms with Gasteiger partial charge in [-0.2, -0.15) is 5.10 Å². The van der Waals surface area contributed by atoms with Gasteiger partial charge in [0.2, 0.25) is 23.6 Å². The molecule has 2 aliphatic carbocycles. The van der Waals surface area contributed by atoms with Gasteiger partial charge in [-0.15, -0.1) is 11.3 Å². The van der Waals surface area contributed by atoms with Crippen LogP contribution in [0.3, 0.4) is 0 Å². The van der Waals surface area contributed by atoms with Crippen molar-refractivity contribution in [1.82, 2.24) is 9.78 Å². The zero-order valence-electron chi connectivity index (χ0n) is 30.0. The van der Waals surface area contributed by atoms with E-state index in [0.717, 1.165) is 26.1 Å². The Hall–Kier alpha value is -4.68. The summed E-state index contributed by atoms with van der Waals surface area (Å²) in [6.07, 6.45) is 2.39. The summed E-state index contributed by atoms with van der Waals surface area (Å²) in [7, 11) is 3.10. The van der Waals surface area contributed by atoms with Gasteiger partial charge >= 0.3 is 0 Å². The normalized spacial score (nSPS) is 26.1. The molecule has 4 heterocycles. The molecule has 14 heteroatoms. The number of aromatic nitrogens is 2. The highest BCUT2D eigenvalue weighted by Gasteiger charge is 2.68. The van der Waals surface area contributed by atoms with Crippen molar-refractivity contribution in [2.45, 2.75) is 32.6 Å². The monoisotopic (exact) mass is 814 g/mol. The van der Waals surface area contributed by atoms with E-state index in [0.29, 0.717) is 32.8 Å². The summed E-state index contributed by atoms with van der Waals surface area (Å²) in [5, 5.41) is 17.6. The second-order valence-corrected chi connectivity index (χ2v) is 17.2. The molecule has 3 fully saturated rings. The first-order valence-corrected chi connectivity index (χ1v) is 19.7. The molecule has 4 amide bonds. The minimum Gasteiger partial charge on any atom is -0.503 e. The second-order valence-electron chi connectivity index (χ2n) is 14.9. The first-order valence-electron chi connectivity index (χ1n) is 17.8. The number of fused-ring (bicyclic) bond motifs is 5. The number of nitrogens with zero attached hydrogens (tertiary/aromatic N) is 4. The van der Waals surface area contributed by atoms with Crippen LogP contribution >= 0.6 is 46.1 Å². The maximum Gasteiger partial charge on any atom is 0.242 e. The number of anilines is 2. The number of carbonyl (C=O) groups excluding carboxylic acids is 4. The molecule has 2 aromatic heterocycles. The molecule has 0 bridgehead atoms. The second kappa shape index (κ2) is 12.7. The fourth-order valence-corrected chi connectivity index (χ4v) is 11.3. The predicted molar refractivity (Wildman–Crippen MR) is 212 cm³/mol. The van der Waals surface area contributed by atoms with E-state index >= 15 is 4.79 Å². The zero-order valence-corrected chi connectivity index (χ0v) is 33.1. The van der Waals surface area contributed by atoms with Crippen LogP contribution in [0.5, 0.6) is 11.5 Å². The number of amides is 4. The van der Waals surface area contributed by atoms with Crippen LogP contribution < -0.4 is 14.5 Å². The predicted octanol–water partition coefficient (Wildman–Crippen LogP) is 8.72. The maximum atomic E-state index is 15.2. The number of thiophene rings is 1. The lowest BCUT2D eigenvalue weighted by atomic mass is 9.51. The van der Waals surface area contributed by atoms with Gasteiger partial charge in [0.05, 0.1) is 45.9 Å². The van der Waals surface area contributed by atoms with Gasteiger partial charge in [-0.1, -0.05) is 46.5 Å². The molecule has 2 saturated heterocycles. The van der Waals surface area contributed by atoms with Crippen molar-refractivity contribution in [3.8, 4) is 22.1 Å². The minimum absolute atomic E-state index is 0.0110. The Bertz CT molecular complexity index is 2560. The number of imide groups is 2. The lowest BCUT2D eigenvalue weighted by Crippen LogP contribution is -2.49. The molecule has 2 aliphatic heterocycles. The van der Waals surface area contributed by atoms with E-state index in [1.807, 2.05) is 31.2 Å². The van der Waals surface area contributed by atoms with Gasteiger partial charge in [-0.05, 0) is 104 Å². The molecule has 55 heavy (non-hydrogen) atoms. The molecule has 1 saturated carbocycles. The molecular formula is C41H33Cl3N4O6S. The van der Waals surface area contributed by atoms with Crippen LogP contribution in [0.4, 0.5) is 11.5 Å². The number of benzene rings is 3. The van der Waals surface area contributed by atoms with Crippen LogP contribution in [-0.2, 0) is 26.2 Å². The summed E-state index contributed by atoms with van der Waals surface area (Å²) in [5.74, 6) is -4.99. The van der Waals surface area contributed by atoms with Gasteiger partial charge in [0.25, 0.3) is 0 Å². The van der Waals surface area contributed by atoms with Crippen molar-refractivity contribution < 1.29 is 29.0 Å². The molecule has 10 nitrogen and oxygen atoms in total. The number of aromatic hydroxyl groups is 1. The van der Waals surface area contributed by atoms with E-state index in [1.54, 1.807) is 72.5 Å². The summed E-state index contributed by atoms with van der Waals surface area (Å²) in [6, 6.07) is 17.2. The van der Waals surface area contributed by atoms with E-state index in [9.17, 15) is 19.5 Å². The summed E-state index contributed by atoms with van der Waals surface area (Å²) in [4.78, 5) is 61.8. The minimum atomic E-state index is -1.35. The number of phenols is 1. The van der Waals surface area contributed by atoms with Crippen LogP contribution in [0.25, 0.3) is 20.7 Å². The van der Waals surface area contributed by atoms with Crippen molar-refractivity contribution >= 4 is 91.4 Å². The number of ether oxygens (including phenoxy) is 1. The van der Waals surface area contributed by atoms with Crippen LogP contribution in [0.2, 0.25) is 15.1 Å². The Morgan fingerprint density at radius 2 is 1.64 bits per heavy atom. The SMILES string of the molecule is COc1cc(C2C3=CCC4C(=O)N(c5ccc(Cl)cc5)C(=O)C4C3CC3C(=O)N(c4cc(-c5sc6ccc(Cl)cc6c5C)nn4C)C(=O)C32C)cc(Cl)c1O. The number of allylic oxidation sites excluding steroid dienone is 2. The molecule has 1 N–H and O–H groups in total. The standard InChI is InChI=1S/C41H33Cl3N4O6S/c1-18-25-15-21(43)7-12-31(25)55-36(18)29-17-32(46(3)45-29)48-38(51)27-16-26-23(34(41(27,2)40(48)53)19-13-28(44)35(49)30(14-19)54-4)10-11-24-33(26)39(52)47(37(24)50)22-8-5-20(42)6-9-22/h5-10,12-15,17,24,26-27,33-34,49H,11,16H2,1-4H3. The van der Waals surface area contributed by atoms with E-state index in [-0.39, 0.29) is 41.2 Å². The smallest absolute Gasteiger partial charge is 0.242 e. The average molecular weight is 816 g/mol. The zero-order chi connectivity index (χ0) is 38.8. The van der Waals surface area contributed by atoms with Gasteiger partial charge in [0.15, 0.2) is 11.5 Å². The molecule has 3 aromatic carbocycles. The third-order valence-corrected chi connectivity index (χ3v) is 14.2. The van der Waals surface area contributed by atoms with E-state index in [2.05, 4.69) is 0 Å².